The lowest BCUT2D eigenvalue weighted by Crippen LogP contribution is -2.43. The highest BCUT2D eigenvalue weighted by molar-refractivity contribution is 7.09. The molecular formula is C23H25N3OS. The minimum absolute atomic E-state index is 0.146. The average molecular weight is 392 g/mol. The van der Waals surface area contributed by atoms with Crippen LogP contribution in [0.1, 0.15) is 16.9 Å². The van der Waals surface area contributed by atoms with Gasteiger partial charge in [-0.25, -0.2) is 0 Å². The smallest absolute Gasteiger partial charge is 0.227 e. The Labute approximate surface area is 170 Å². The molecule has 1 N–H and O–H groups in total. The van der Waals surface area contributed by atoms with Crippen LogP contribution in [0.2, 0.25) is 0 Å². The molecule has 5 heteroatoms. The lowest BCUT2D eigenvalue weighted by Gasteiger charge is -2.28. The summed E-state index contributed by atoms with van der Waals surface area (Å²) in [5, 5.41) is 5.03. The molecule has 1 fully saturated rings. The number of carbonyl (C=O) groups excluding carboxylic acids is 1. The SMILES string of the molecule is CNC(=O)[C@]1(Cc2cccc(-c3cccnc3)c2)CCN(Cc2cccs2)C1. The Hall–Kier alpha value is -2.50. The minimum Gasteiger partial charge on any atom is -0.359 e. The number of pyridine rings is 1. The molecule has 1 atom stereocenters. The van der Waals surface area contributed by atoms with E-state index in [0.29, 0.717) is 0 Å². The summed E-state index contributed by atoms with van der Waals surface area (Å²) in [4.78, 5) is 20.9. The van der Waals surface area contributed by atoms with E-state index in [4.69, 9.17) is 0 Å². The number of nitrogens with one attached hydrogen (secondary N) is 1. The van der Waals surface area contributed by atoms with Gasteiger partial charge in [0.2, 0.25) is 5.91 Å². The largest absolute Gasteiger partial charge is 0.359 e. The fourth-order valence-electron chi connectivity index (χ4n) is 4.18. The molecule has 1 aliphatic rings. The lowest BCUT2D eigenvalue weighted by molar-refractivity contribution is -0.130. The van der Waals surface area contributed by atoms with E-state index in [-0.39, 0.29) is 11.3 Å². The van der Waals surface area contributed by atoms with E-state index in [9.17, 15) is 4.79 Å². The van der Waals surface area contributed by atoms with Gasteiger partial charge in [0.15, 0.2) is 0 Å². The summed E-state index contributed by atoms with van der Waals surface area (Å²) in [5.41, 5.74) is 3.07. The summed E-state index contributed by atoms with van der Waals surface area (Å²) in [7, 11) is 1.75. The first-order chi connectivity index (χ1) is 13.7. The molecule has 1 aromatic carbocycles. The van der Waals surface area contributed by atoms with E-state index in [2.05, 4.69) is 63.0 Å². The summed E-state index contributed by atoms with van der Waals surface area (Å²) < 4.78 is 0. The third-order valence-electron chi connectivity index (χ3n) is 5.57. The molecule has 4 rings (SSSR count). The summed E-state index contributed by atoms with van der Waals surface area (Å²) in [5.74, 6) is 0.146. The third-order valence-corrected chi connectivity index (χ3v) is 6.43. The number of rotatable bonds is 6. The van der Waals surface area contributed by atoms with Gasteiger partial charge in [-0.3, -0.25) is 14.7 Å². The van der Waals surface area contributed by atoms with Gasteiger partial charge in [-0.15, -0.1) is 11.3 Å². The van der Waals surface area contributed by atoms with Crippen molar-refractivity contribution in [3.05, 3.63) is 76.7 Å². The fraction of sp³-hybridized carbons (Fsp3) is 0.304. The van der Waals surface area contributed by atoms with Crippen molar-refractivity contribution in [2.24, 2.45) is 5.41 Å². The van der Waals surface area contributed by atoms with Crippen molar-refractivity contribution in [2.45, 2.75) is 19.4 Å². The number of thiophene rings is 1. The number of nitrogens with zero attached hydrogens (tertiary/aromatic N) is 2. The van der Waals surface area contributed by atoms with Crippen molar-refractivity contribution in [2.75, 3.05) is 20.1 Å². The van der Waals surface area contributed by atoms with Crippen molar-refractivity contribution in [3.63, 3.8) is 0 Å². The second kappa shape index (κ2) is 8.25. The molecule has 0 unspecified atom stereocenters. The maximum atomic E-state index is 12.9. The van der Waals surface area contributed by atoms with Crippen molar-refractivity contribution >= 4 is 17.2 Å². The molecule has 3 aromatic rings. The first kappa shape index (κ1) is 18.8. The molecule has 0 radical (unpaired) electrons. The van der Waals surface area contributed by atoms with E-state index < -0.39 is 0 Å². The van der Waals surface area contributed by atoms with Gasteiger partial charge in [0.25, 0.3) is 0 Å². The van der Waals surface area contributed by atoms with Gasteiger partial charge in [-0.05, 0) is 53.6 Å². The number of hydrogen-bond acceptors (Lipinski definition) is 4. The van der Waals surface area contributed by atoms with Gasteiger partial charge in [-0.2, -0.15) is 0 Å². The van der Waals surface area contributed by atoms with Gasteiger partial charge in [0, 0.05) is 37.4 Å². The highest BCUT2D eigenvalue weighted by Crippen LogP contribution is 2.36. The Bertz CT molecular complexity index is 926. The maximum absolute atomic E-state index is 12.9. The van der Waals surface area contributed by atoms with Gasteiger partial charge in [-0.1, -0.05) is 36.4 Å². The molecule has 144 valence electrons. The number of aromatic nitrogens is 1. The van der Waals surface area contributed by atoms with Gasteiger partial charge < -0.3 is 5.32 Å². The minimum atomic E-state index is -0.375. The van der Waals surface area contributed by atoms with Crippen molar-refractivity contribution < 1.29 is 4.79 Å². The van der Waals surface area contributed by atoms with Crippen LogP contribution < -0.4 is 5.32 Å². The second-order valence-electron chi connectivity index (χ2n) is 7.52. The molecule has 0 saturated carbocycles. The fourth-order valence-corrected chi connectivity index (χ4v) is 4.92. The highest BCUT2D eigenvalue weighted by Gasteiger charge is 2.44. The highest BCUT2D eigenvalue weighted by atomic mass is 32.1. The van der Waals surface area contributed by atoms with Crippen LogP contribution in [0, 0.1) is 5.41 Å². The van der Waals surface area contributed by atoms with Crippen molar-refractivity contribution in [3.8, 4) is 11.1 Å². The van der Waals surface area contributed by atoms with E-state index in [0.717, 1.165) is 43.6 Å². The second-order valence-corrected chi connectivity index (χ2v) is 8.55. The van der Waals surface area contributed by atoms with Gasteiger partial charge in [0.05, 0.1) is 5.41 Å². The molecule has 1 aliphatic heterocycles. The standard InChI is InChI=1S/C23H25N3OS/c1-24-22(27)23(9-11-26(17-23)16-21-8-4-12-28-21)14-18-5-2-6-19(13-18)20-7-3-10-25-15-20/h2-8,10,12-13,15H,9,11,14,16-17H2,1H3,(H,24,27)/t23-/m0/s1. The number of carbonyl (C=O) groups is 1. The number of benzene rings is 1. The van der Waals surface area contributed by atoms with Crippen LogP contribution in [0.5, 0.6) is 0 Å². The van der Waals surface area contributed by atoms with Crippen LogP contribution in [0.3, 0.4) is 0 Å². The Morgan fingerprint density at radius 1 is 1.21 bits per heavy atom. The molecule has 3 heterocycles. The Morgan fingerprint density at radius 2 is 2.11 bits per heavy atom. The lowest BCUT2D eigenvalue weighted by atomic mass is 9.79. The van der Waals surface area contributed by atoms with Crippen LogP contribution in [0.25, 0.3) is 11.1 Å². The number of amides is 1. The van der Waals surface area contributed by atoms with E-state index >= 15 is 0 Å². The molecule has 4 nitrogen and oxygen atoms in total. The normalized spacial score (nSPS) is 19.6. The molecule has 2 aromatic heterocycles. The topological polar surface area (TPSA) is 45.2 Å². The van der Waals surface area contributed by atoms with Crippen LogP contribution in [0.4, 0.5) is 0 Å². The third kappa shape index (κ3) is 4.01. The van der Waals surface area contributed by atoms with Crippen molar-refractivity contribution in [1.29, 1.82) is 0 Å². The summed E-state index contributed by atoms with van der Waals surface area (Å²) in [6, 6.07) is 16.8. The summed E-state index contributed by atoms with van der Waals surface area (Å²) in [6.07, 6.45) is 5.30. The van der Waals surface area contributed by atoms with E-state index in [1.165, 1.54) is 10.4 Å². The molecule has 0 aliphatic carbocycles. The van der Waals surface area contributed by atoms with Crippen LogP contribution >= 0.6 is 11.3 Å². The van der Waals surface area contributed by atoms with Gasteiger partial charge >= 0.3 is 0 Å². The van der Waals surface area contributed by atoms with Crippen LogP contribution in [-0.2, 0) is 17.8 Å². The van der Waals surface area contributed by atoms with E-state index in [1.807, 2.05) is 12.3 Å². The van der Waals surface area contributed by atoms with E-state index in [1.54, 1.807) is 24.6 Å². The zero-order chi connectivity index (χ0) is 19.4. The average Bonchev–Trinajstić information content (AvgIpc) is 3.39. The summed E-state index contributed by atoms with van der Waals surface area (Å²) >= 11 is 1.78. The predicted molar refractivity (Wildman–Crippen MR) is 114 cm³/mol. The Balaban J connectivity index is 1.55. The maximum Gasteiger partial charge on any atom is 0.227 e. The van der Waals surface area contributed by atoms with Crippen LogP contribution in [-0.4, -0.2) is 35.9 Å². The van der Waals surface area contributed by atoms with Crippen molar-refractivity contribution in [1.82, 2.24) is 15.2 Å². The Kier molecular flexibility index (Phi) is 5.55. The molecular weight excluding hydrogens is 366 g/mol. The molecule has 28 heavy (non-hydrogen) atoms. The first-order valence-corrected chi connectivity index (χ1v) is 10.5. The zero-order valence-corrected chi connectivity index (χ0v) is 16.9. The zero-order valence-electron chi connectivity index (χ0n) is 16.1. The predicted octanol–water partition coefficient (Wildman–Crippen LogP) is 3.99. The molecule has 0 spiro atoms. The molecule has 1 amide bonds. The van der Waals surface area contributed by atoms with Crippen LogP contribution in [0.15, 0.2) is 66.3 Å². The first-order valence-electron chi connectivity index (χ1n) is 9.65. The number of likely N-dealkylation sites (tertiary alicyclic amines) is 1. The molecule has 1 saturated heterocycles. The quantitative estimate of drug-likeness (QED) is 0.691. The molecule has 0 bridgehead atoms. The van der Waals surface area contributed by atoms with Gasteiger partial charge in [0.1, 0.15) is 0 Å². The summed E-state index contributed by atoms with van der Waals surface area (Å²) in [6.45, 7) is 2.67. The number of hydrogen-bond donors (Lipinski definition) is 1. The Morgan fingerprint density at radius 3 is 2.86 bits per heavy atom. The monoisotopic (exact) mass is 391 g/mol.